The topological polar surface area (TPSA) is 32.3 Å². The molecule has 22 heavy (non-hydrogen) atoms. The molecule has 0 unspecified atom stereocenters. The molecule has 1 saturated heterocycles. The lowest BCUT2D eigenvalue weighted by atomic mass is 10.1. The lowest BCUT2D eigenvalue weighted by Crippen LogP contribution is -2.30. The molecular formula is C18H24N4. The van der Waals surface area contributed by atoms with Crippen LogP contribution in [0.15, 0.2) is 36.8 Å². The molecule has 3 rings (SSSR count). The average molecular weight is 296 g/mol. The van der Waals surface area contributed by atoms with E-state index in [2.05, 4.69) is 51.8 Å². The van der Waals surface area contributed by atoms with E-state index in [0.29, 0.717) is 0 Å². The van der Waals surface area contributed by atoms with Crippen molar-refractivity contribution in [2.75, 3.05) is 31.1 Å². The van der Waals surface area contributed by atoms with E-state index in [1.54, 1.807) is 0 Å². The molecular weight excluding hydrogens is 272 g/mol. The van der Waals surface area contributed by atoms with Gasteiger partial charge in [0, 0.05) is 62.7 Å². The van der Waals surface area contributed by atoms with E-state index in [4.69, 9.17) is 0 Å². The van der Waals surface area contributed by atoms with E-state index in [1.165, 1.54) is 23.2 Å². The second kappa shape index (κ2) is 6.88. The molecule has 2 aromatic rings. The molecule has 1 aliphatic rings. The first kappa shape index (κ1) is 15.0. The van der Waals surface area contributed by atoms with Gasteiger partial charge in [0.15, 0.2) is 0 Å². The number of pyridine rings is 2. The van der Waals surface area contributed by atoms with Crippen molar-refractivity contribution >= 4 is 5.69 Å². The Labute approximate surface area is 132 Å². The molecule has 3 heterocycles. The van der Waals surface area contributed by atoms with Crippen molar-refractivity contribution in [3.63, 3.8) is 0 Å². The Kier molecular flexibility index (Phi) is 4.68. The summed E-state index contributed by atoms with van der Waals surface area (Å²) in [6, 6.07) is 6.45. The van der Waals surface area contributed by atoms with Gasteiger partial charge in [-0.15, -0.1) is 0 Å². The first-order valence-corrected chi connectivity index (χ1v) is 8.02. The van der Waals surface area contributed by atoms with Crippen molar-refractivity contribution < 1.29 is 0 Å². The Morgan fingerprint density at radius 1 is 1.05 bits per heavy atom. The second-order valence-corrected chi connectivity index (χ2v) is 6.07. The van der Waals surface area contributed by atoms with Gasteiger partial charge < -0.3 is 4.90 Å². The number of anilines is 1. The van der Waals surface area contributed by atoms with E-state index < -0.39 is 0 Å². The lowest BCUT2D eigenvalue weighted by molar-refractivity contribution is 0.285. The third-order valence-corrected chi connectivity index (χ3v) is 4.36. The zero-order valence-electron chi connectivity index (χ0n) is 13.5. The molecule has 0 atom stereocenters. The predicted octanol–water partition coefficient (Wildman–Crippen LogP) is 2.81. The van der Waals surface area contributed by atoms with Crippen molar-refractivity contribution in [2.45, 2.75) is 26.8 Å². The number of nitrogens with zero attached hydrogens (tertiary/aromatic N) is 4. The van der Waals surface area contributed by atoms with Crippen LogP contribution in [0.5, 0.6) is 0 Å². The van der Waals surface area contributed by atoms with E-state index in [9.17, 15) is 0 Å². The summed E-state index contributed by atoms with van der Waals surface area (Å²) in [6.07, 6.45) is 6.96. The van der Waals surface area contributed by atoms with E-state index in [1.807, 2.05) is 18.6 Å². The first-order chi connectivity index (χ1) is 10.7. The molecule has 0 spiro atoms. The molecule has 0 aliphatic carbocycles. The fourth-order valence-electron chi connectivity index (χ4n) is 3.04. The molecule has 0 radical (unpaired) electrons. The van der Waals surface area contributed by atoms with Crippen LogP contribution in [-0.2, 0) is 6.54 Å². The Hall–Kier alpha value is -1.94. The van der Waals surface area contributed by atoms with E-state index >= 15 is 0 Å². The molecule has 0 bridgehead atoms. The standard InChI is InChI=1S/C18H24N4/c1-15-13-19-6-4-17(15)14-21-8-3-9-22(11-10-21)18-5-7-20-16(2)12-18/h4-7,12-13H,3,8-11,14H2,1-2H3. The maximum atomic E-state index is 4.30. The smallest absolute Gasteiger partial charge is 0.0400 e. The fourth-order valence-corrected chi connectivity index (χ4v) is 3.04. The van der Waals surface area contributed by atoms with Crippen LogP contribution in [0.1, 0.15) is 23.2 Å². The summed E-state index contributed by atoms with van der Waals surface area (Å²) in [5, 5.41) is 0. The molecule has 0 amide bonds. The Morgan fingerprint density at radius 3 is 2.77 bits per heavy atom. The summed E-state index contributed by atoms with van der Waals surface area (Å²) in [5.74, 6) is 0. The number of aryl methyl sites for hydroxylation is 2. The van der Waals surface area contributed by atoms with Gasteiger partial charge in [-0.3, -0.25) is 14.9 Å². The maximum absolute atomic E-state index is 4.30. The van der Waals surface area contributed by atoms with Crippen LogP contribution in [0.25, 0.3) is 0 Å². The Bertz CT molecular complexity index is 626. The van der Waals surface area contributed by atoms with Crippen LogP contribution in [-0.4, -0.2) is 41.0 Å². The summed E-state index contributed by atoms with van der Waals surface area (Å²) >= 11 is 0. The molecule has 0 aromatic carbocycles. The van der Waals surface area contributed by atoms with Crippen molar-refractivity contribution in [2.24, 2.45) is 0 Å². The average Bonchev–Trinajstić information content (AvgIpc) is 2.75. The minimum Gasteiger partial charge on any atom is -0.370 e. The zero-order valence-corrected chi connectivity index (χ0v) is 13.5. The number of hydrogen-bond acceptors (Lipinski definition) is 4. The molecule has 0 saturated carbocycles. The van der Waals surface area contributed by atoms with Gasteiger partial charge in [0.05, 0.1) is 0 Å². The molecule has 0 N–H and O–H groups in total. The van der Waals surface area contributed by atoms with Crippen LogP contribution in [0.3, 0.4) is 0 Å². The second-order valence-electron chi connectivity index (χ2n) is 6.07. The summed E-state index contributed by atoms with van der Waals surface area (Å²) in [6.45, 7) is 9.68. The van der Waals surface area contributed by atoms with Crippen molar-refractivity contribution in [3.05, 3.63) is 53.6 Å². The van der Waals surface area contributed by atoms with Gasteiger partial charge >= 0.3 is 0 Å². The predicted molar refractivity (Wildman–Crippen MR) is 90.1 cm³/mol. The fraction of sp³-hybridized carbons (Fsp3) is 0.444. The van der Waals surface area contributed by atoms with Gasteiger partial charge in [0.25, 0.3) is 0 Å². The first-order valence-electron chi connectivity index (χ1n) is 8.02. The van der Waals surface area contributed by atoms with Crippen LogP contribution < -0.4 is 4.90 Å². The van der Waals surface area contributed by atoms with Gasteiger partial charge in [-0.2, -0.15) is 0 Å². The number of aromatic nitrogens is 2. The molecule has 1 aliphatic heterocycles. The third-order valence-electron chi connectivity index (χ3n) is 4.36. The van der Waals surface area contributed by atoms with Gasteiger partial charge in [0.1, 0.15) is 0 Å². The van der Waals surface area contributed by atoms with E-state index in [-0.39, 0.29) is 0 Å². The summed E-state index contributed by atoms with van der Waals surface area (Å²) in [4.78, 5) is 13.5. The van der Waals surface area contributed by atoms with Gasteiger partial charge in [-0.25, -0.2) is 0 Å². The molecule has 116 valence electrons. The minimum absolute atomic E-state index is 1.03. The quantitative estimate of drug-likeness (QED) is 0.872. The minimum atomic E-state index is 1.03. The van der Waals surface area contributed by atoms with Gasteiger partial charge in [-0.1, -0.05) is 0 Å². The zero-order chi connectivity index (χ0) is 15.4. The van der Waals surface area contributed by atoms with Crippen LogP contribution >= 0.6 is 0 Å². The summed E-state index contributed by atoms with van der Waals surface area (Å²) in [5.41, 5.74) is 5.07. The van der Waals surface area contributed by atoms with Gasteiger partial charge in [0.2, 0.25) is 0 Å². The highest BCUT2D eigenvalue weighted by atomic mass is 15.2. The largest absolute Gasteiger partial charge is 0.370 e. The van der Waals surface area contributed by atoms with E-state index in [0.717, 1.165) is 38.4 Å². The maximum Gasteiger partial charge on any atom is 0.0400 e. The van der Waals surface area contributed by atoms with Crippen LogP contribution in [0.4, 0.5) is 5.69 Å². The Morgan fingerprint density at radius 2 is 1.95 bits per heavy atom. The Balaban J connectivity index is 1.64. The number of hydrogen-bond donors (Lipinski definition) is 0. The SMILES string of the molecule is Cc1cc(N2CCCN(Cc3ccncc3C)CC2)ccn1. The molecule has 4 heteroatoms. The van der Waals surface area contributed by atoms with Crippen LogP contribution in [0.2, 0.25) is 0 Å². The highest BCUT2D eigenvalue weighted by molar-refractivity contribution is 5.46. The number of rotatable bonds is 3. The van der Waals surface area contributed by atoms with Gasteiger partial charge in [-0.05, 0) is 49.6 Å². The highest BCUT2D eigenvalue weighted by Crippen LogP contribution is 2.18. The third kappa shape index (κ3) is 3.63. The molecule has 2 aromatic heterocycles. The lowest BCUT2D eigenvalue weighted by Gasteiger charge is -2.24. The monoisotopic (exact) mass is 296 g/mol. The molecule has 4 nitrogen and oxygen atoms in total. The summed E-state index contributed by atoms with van der Waals surface area (Å²) < 4.78 is 0. The van der Waals surface area contributed by atoms with Crippen molar-refractivity contribution in [1.82, 2.24) is 14.9 Å². The molecule has 1 fully saturated rings. The highest BCUT2D eigenvalue weighted by Gasteiger charge is 2.16. The summed E-state index contributed by atoms with van der Waals surface area (Å²) in [7, 11) is 0. The van der Waals surface area contributed by atoms with Crippen LogP contribution in [0, 0.1) is 13.8 Å². The van der Waals surface area contributed by atoms with Crippen molar-refractivity contribution in [3.8, 4) is 0 Å². The van der Waals surface area contributed by atoms with Crippen molar-refractivity contribution in [1.29, 1.82) is 0 Å². The normalized spacial score (nSPS) is 16.5.